The molecule has 1 aliphatic rings. The molecule has 2 amide bonds. The van der Waals surface area contributed by atoms with Gasteiger partial charge < -0.3 is 15.2 Å². The number of hydrogen-bond acceptors (Lipinski definition) is 3. The van der Waals surface area contributed by atoms with E-state index >= 15 is 0 Å². The number of nitrogens with one attached hydrogen (secondary N) is 2. The van der Waals surface area contributed by atoms with Gasteiger partial charge in [-0.1, -0.05) is 49.7 Å². The molecule has 1 heterocycles. The number of hydrogen-bond donors (Lipinski definition) is 2. The maximum Gasteiger partial charge on any atom is 0.318 e. The normalized spacial score (nSPS) is 17.3. The summed E-state index contributed by atoms with van der Waals surface area (Å²) in [6, 6.07) is 6.34. The lowest BCUT2D eigenvalue weighted by Crippen LogP contribution is -2.46. The van der Waals surface area contributed by atoms with E-state index in [9.17, 15) is 14.4 Å². The second-order valence-electron chi connectivity index (χ2n) is 7.55. The number of halogens is 1. The highest BCUT2D eigenvalue weighted by molar-refractivity contribution is 6.44. The number of amides is 2. The van der Waals surface area contributed by atoms with E-state index in [4.69, 9.17) is 11.6 Å². The Morgan fingerprint density at radius 2 is 1.90 bits per heavy atom. The maximum atomic E-state index is 13.1. The summed E-state index contributed by atoms with van der Waals surface area (Å²) in [5.41, 5.74) is 0.701. The molecule has 2 N–H and O–H groups in total. The van der Waals surface area contributed by atoms with Crippen LogP contribution in [0.4, 0.5) is 4.79 Å². The quantitative estimate of drug-likeness (QED) is 0.780. The van der Waals surface area contributed by atoms with E-state index in [2.05, 4.69) is 10.3 Å². The predicted molar refractivity (Wildman–Crippen MR) is 115 cm³/mol. The first-order valence-electron chi connectivity index (χ1n) is 9.55. The van der Waals surface area contributed by atoms with Crippen LogP contribution in [-0.2, 0) is 4.79 Å². The number of H-pyrrole nitrogens is 1. The van der Waals surface area contributed by atoms with Gasteiger partial charge in [0.25, 0.3) is 5.56 Å². The van der Waals surface area contributed by atoms with Crippen molar-refractivity contribution in [1.82, 2.24) is 15.2 Å². The molecule has 2 atom stereocenters. The van der Waals surface area contributed by atoms with Crippen LogP contribution < -0.4 is 10.9 Å². The molecule has 0 spiro atoms. The topological polar surface area (TPSA) is 82.3 Å². The predicted octanol–water partition coefficient (Wildman–Crippen LogP) is 3.89. The van der Waals surface area contributed by atoms with E-state index in [0.717, 1.165) is 10.9 Å². The number of carbonyl (C=O) groups is 2. The number of urea groups is 1. The third-order valence-corrected chi connectivity index (χ3v) is 5.20. The largest absolute Gasteiger partial charge is 0.328 e. The van der Waals surface area contributed by atoms with Crippen molar-refractivity contribution in [2.24, 2.45) is 5.92 Å². The van der Waals surface area contributed by atoms with Gasteiger partial charge in [-0.05, 0) is 42.0 Å². The third kappa shape index (κ3) is 4.59. The second kappa shape index (κ2) is 8.66. The van der Waals surface area contributed by atoms with Crippen molar-refractivity contribution in [3.05, 3.63) is 69.6 Å². The van der Waals surface area contributed by atoms with Crippen LogP contribution in [0.25, 0.3) is 10.8 Å². The van der Waals surface area contributed by atoms with Gasteiger partial charge >= 0.3 is 6.03 Å². The Bertz CT molecular complexity index is 1050. The fourth-order valence-electron chi connectivity index (χ4n) is 3.44. The molecule has 0 aliphatic heterocycles. The van der Waals surface area contributed by atoms with E-state index in [0.29, 0.717) is 11.9 Å². The SMILES string of the molecule is CC(C)CN(C(=O)NC1C=CC(=O)C(Cl)=C1)C(C)c1c[nH]c(=O)c2ccccc12. The number of benzene rings is 1. The maximum absolute atomic E-state index is 13.1. The van der Waals surface area contributed by atoms with Crippen LogP contribution in [0.3, 0.4) is 0 Å². The first kappa shape index (κ1) is 20.9. The van der Waals surface area contributed by atoms with Crippen molar-refractivity contribution >= 4 is 34.2 Å². The van der Waals surface area contributed by atoms with Gasteiger partial charge in [0.15, 0.2) is 5.78 Å². The van der Waals surface area contributed by atoms with E-state index < -0.39 is 6.04 Å². The van der Waals surface area contributed by atoms with Gasteiger partial charge in [-0.2, -0.15) is 0 Å². The highest BCUT2D eigenvalue weighted by Crippen LogP contribution is 2.27. The minimum atomic E-state index is -0.457. The molecule has 3 rings (SSSR count). The van der Waals surface area contributed by atoms with Crippen molar-refractivity contribution in [2.75, 3.05) is 6.54 Å². The molecular weight excluding hydrogens is 390 g/mol. The molecule has 1 aliphatic carbocycles. The van der Waals surface area contributed by atoms with Gasteiger partial charge in [-0.3, -0.25) is 9.59 Å². The van der Waals surface area contributed by atoms with Crippen LogP contribution in [0, 0.1) is 5.92 Å². The zero-order valence-corrected chi connectivity index (χ0v) is 17.4. The van der Waals surface area contributed by atoms with Gasteiger partial charge in [0.05, 0.1) is 17.1 Å². The van der Waals surface area contributed by atoms with E-state index in [-0.39, 0.29) is 34.4 Å². The summed E-state index contributed by atoms with van der Waals surface area (Å²) in [6.07, 6.45) is 6.17. The first-order chi connectivity index (χ1) is 13.8. The average Bonchev–Trinajstić information content (AvgIpc) is 2.69. The fourth-order valence-corrected chi connectivity index (χ4v) is 3.64. The molecule has 2 unspecified atom stereocenters. The summed E-state index contributed by atoms with van der Waals surface area (Å²) in [4.78, 5) is 41.3. The minimum absolute atomic E-state index is 0.0906. The lowest BCUT2D eigenvalue weighted by atomic mass is 10.0. The van der Waals surface area contributed by atoms with Crippen molar-refractivity contribution in [3.63, 3.8) is 0 Å². The van der Waals surface area contributed by atoms with Crippen molar-refractivity contribution in [3.8, 4) is 0 Å². The van der Waals surface area contributed by atoms with Gasteiger partial charge in [-0.15, -0.1) is 0 Å². The molecule has 1 aromatic heterocycles. The van der Waals surface area contributed by atoms with Crippen molar-refractivity contribution in [1.29, 1.82) is 0 Å². The summed E-state index contributed by atoms with van der Waals surface area (Å²) < 4.78 is 0. The number of aromatic nitrogens is 1. The number of aromatic amines is 1. The molecular formula is C22H24ClN3O3. The minimum Gasteiger partial charge on any atom is -0.328 e. The molecule has 0 fully saturated rings. The number of ketones is 1. The highest BCUT2D eigenvalue weighted by atomic mass is 35.5. The number of fused-ring (bicyclic) bond motifs is 1. The molecule has 0 bridgehead atoms. The fraction of sp³-hybridized carbons (Fsp3) is 0.318. The zero-order chi connectivity index (χ0) is 21.1. The number of nitrogens with zero attached hydrogens (tertiary/aromatic N) is 1. The Kier molecular flexibility index (Phi) is 6.23. The zero-order valence-electron chi connectivity index (χ0n) is 16.6. The number of pyridine rings is 1. The van der Waals surface area contributed by atoms with Crippen LogP contribution in [0.2, 0.25) is 0 Å². The van der Waals surface area contributed by atoms with Gasteiger partial charge in [0.1, 0.15) is 0 Å². The summed E-state index contributed by atoms with van der Waals surface area (Å²) >= 11 is 5.91. The lowest BCUT2D eigenvalue weighted by Gasteiger charge is -2.32. The van der Waals surface area contributed by atoms with Crippen LogP contribution in [0.1, 0.15) is 32.4 Å². The summed E-state index contributed by atoms with van der Waals surface area (Å²) in [5, 5.41) is 4.40. The molecule has 2 aromatic rings. The Hall–Kier alpha value is -2.86. The summed E-state index contributed by atoms with van der Waals surface area (Å²) in [5.74, 6) is -0.0379. The van der Waals surface area contributed by atoms with Gasteiger partial charge in [0.2, 0.25) is 0 Å². The van der Waals surface area contributed by atoms with E-state index in [1.807, 2.05) is 39.0 Å². The van der Waals surface area contributed by atoms with E-state index in [1.54, 1.807) is 23.2 Å². The Labute approximate surface area is 174 Å². The first-order valence-corrected chi connectivity index (χ1v) is 9.93. The molecule has 1 aromatic carbocycles. The van der Waals surface area contributed by atoms with Crippen molar-refractivity contribution < 1.29 is 9.59 Å². The Balaban J connectivity index is 1.92. The highest BCUT2D eigenvalue weighted by Gasteiger charge is 2.26. The number of rotatable bonds is 5. The molecule has 6 nitrogen and oxygen atoms in total. The van der Waals surface area contributed by atoms with E-state index in [1.165, 1.54) is 12.2 Å². The number of allylic oxidation sites excluding steroid dienone is 2. The molecule has 0 saturated heterocycles. The lowest BCUT2D eigenvalue weighted by molar-refractivity contribution is -0.110. The van der Waals surface area contributed by atoms with Gasteiger partial charge in [-0.25, -0.2) is 4.79 Å². The monoisotopic (exact) mass is 413 g/mol. The number of carbonyl (C=O) groups excluding carboxylic acids is 2. The molecule has 7 heteroatoms. The molecule has 0 radical (unpaired) electrons. The summed E-state index contributed by atoms with van der Waals surface area (Å²) in [6.45, 7) is 6.53. The van der Waals surface area contributed by atoms with Gasteiger partial charge in [0, 0.05) is 18.1 Å². The van der Waals surface area contributed by atoms with Crippen LogP contribution in [0.5, 0.6) is 0 Å². The van der Waals surface area contributed by atoms with Crippen LogP contribution in [-0.4, -0.2) is 34.3 Å². The molecule has 29 heavy (non-hydrogen) atoms. The third-order valence-electron chi connectivity index (χ3n) is 4.89. The Morgan fingerprint density at radius 1 is 1.21 bits per heavy atom. The Morgan fingerprint density at radius 3 is 2.55 bits per heavy atom. The molecule has 0 saturated carbocycles. The summed E-state index contributed by atoms with van der Waals surface area (Å²) in [7, 11) is 0. The average molecular weight is 414 g/mol. The van der Waals surface area contributed by atoms with Crippen molar-refractivity contribution in [2.45, 2.75) is 32.9 Å². The molecule has 152 valence electrons. The second-order valence-corrected chi connectivity index (χ2v) is 7.96. The van der Waals surface area contributed by atoms with Crippen LogP contribution in [0.15, 0.2) is 58.5 Å². The standard InChI is InChI=1S/C22H24ClN3O3/c1-13(2)12-26(22(29)25-15-8-9-20(27)19(23)10-15)14(3)18-11-24-21(28)17-7-5-4-6-16(17)18/h4-11,13-15H,12H2,1-3H3,(H,24,28)(H,25,29). The smallest absolute Gasteiger partial charge is 0.318 e. The van der Waals surface area contributed by atoms with Crippen LogP contribution >= 0.6 is 11.6 Å².